The summed E-state index contributed by atoms with van der Waals surface area (Å²) in [5, 5.41) is 3.10. The van der Waals surface area contributed by atoms with Crippen LogP contribution in [0.1, 0.15) is 18.9 Å². The molecule has 3 aromatic carbocycles. The maximum Gasteiger partial charge on any atom is 0.256 e. The molecule has 2 amide bonds. The zero-order valence-electron chi connectivity index (χ0n) is 20.6. The quantitative estimate of drug-likeness (QED) is 0.386. The van der Waals surface area contributed by atoms with Crippen LogP contribution in [0.15, 0.2) is 72.8 Å². The average molecular weight is 522 g/mol. The van der Waals surface area contributed by atoms with Crippen molar-refractivity contribution in [3.8, 4) is 11.5 Å². The van der Waals surface area contributed by atoms with Gasteiger partial charge < -0.3 is 19.7 Å². The molecule has 0 aliphatic carbocycles. The molecule has 0 radical (unpaired) electrons. The number of ether oxygens (including phenoxy) is 2. The predicted molar refractivity (Wildman–Crippen MR) is 145 cm³/mol. The summed E-state index contributed by atoms with van der Waals surface area (Å²) in [5.41, 5.74) is 1.67. The van der Waals surface area contributed by atoms with Crippen molar-refractivity contribution in [1.29, 1.82) is 0 Å². The Labute approximate surface area is 220 Å². The number of anilines is 2. The lowest BCUT2D eigenvalue weighted by Gasteiger charge is -2.24. The van der Waals surface area contributed by atoms with E-state index >= 15 is 0 Å². The molecule has 0 spiro atoms. The van der Waals surface area contributed by atoms with Crippen molar-refractivity contribution in [1.82, 2.24) is 4.90 Å². The lowest BCUT2D eigenvalue weighted by molar-refractivity contribution is -0.124. The molecule has 7 nitrogen and oxygen atoms in total. The van der Waals surface area contributed by atoms with E-state index in [0.29, 0.717) is 41.5 Å². The summed E-state index contributed by atoms with van der Waals surface area (Å²) in [7, 11) is 1.56. The van der Waals surface area contributed by atoms with Crippen LogP contribution >= 0.6 is 12.2 Å². The van der Waals surface area contributed by atoms with Gasteiger partial charge in [-0.25, -0.2) is 4.39 Å². The van der Waals surface area contributed by atoms with Crippen molar-refractivity contribution in [3.05, 3.63) is 84.2 Å². The lowest BCUT2D eigenvalue weighted by Crippen LogP contribution is -2.39. The molecule has 0 unspecified atom stereocenters. The first-order valence-corrected chi connectivity index (χ1v) is 12.4. The van der Waals surface area contributed by atoms with Crippen molar-refractivity contribution in [2.75, 3.05) is 30.5 Å². The molecule has 9 heteroatoms. The molecule has 1 aliphatic rings. The van der Waals surface area contributed by atoms with Crippen LogP contribution < -0.4 is 19.7 Å². The highest BCUT2D eigenvalue weighted by Gasteiger charge is 2.44. The van der Waals surface area contributed by atoms with Gasteiger partial charge in [0, 0.05) is 12.2 Å². The highest BCUT2D eigenvalue weighted by atomic mass is 32.1. The Hall–Kier alpha value is -3.98. The van der Waals surface area contributed by atoms with Gasteiger partial charge in [-0.1, -0.05) is 18.2 Å². The van der Waals surface area contributed by atoms with E-state index in [-0.39, 0.29) is 35.7 Å². The molecule has 0 saturated carbocycles. The zero-order chi connectivity index (χ0) is 26.4. The molecule has 192 valence electrons. The maximum absolute atomic E-state index is 14.3. The van der Waals surface area contributed by atoms with Crippen molar-refractivity contribution in [2.24, 2.45) is 0 Å². The highest BCUT2D eigenvalue weighted by molar-refractivity contribution is 7.80. The normalized spacial score (nSPS) is 15.2. The van der Waals surface area contributed by atoms with Crippen LogP contribution in [-0.2, 0) is 16.0 Å². The summed E-state index contributed by atoms with van der Waals surface area (Å²) >= 11 is 5.69. The Morgan fingerprint density at radius 1 is 1.03 bits per heavy atom. The van der Waals surface area contributed by atoms with Gasteiger partial charge in [-0.2, -0.15) is 0 Å². The van der Waals surface area contributed by atoms with Crippen molar-refractivity contribution >= 4 is 40.5 Å². The van der Waals surface area contributed by atoms with E-state index in [4.69, 9.17) is 21.7 Å². The first-order valence-electron chi connectivity index (χ1n) is 12.0. The first-order chi connectivity index (χ1) is 17.9. The number of hydrogen-bond donors (Lipinski definition) is 1. The Balaban J connectivity index is 1.54. The fraction of sp³-hybridized carbons (Fsp3) is 0.250. The number of carbonyl (C=O) groups is 2. The molecule has 1 heterocycles. The monoisotopic (exact) mass is 521 g/mol. The van der Waals surface area contributed by atoms with Gasteiger partial charge in [0.25, 0.3) is 5.91 Å². The molecule has 3 aromatic rings. The minimum atomic E-state index is -0.830. The van der Waals surface area contributed by atoms with Crippen LogP contribution in [0.25, 0.3) is 0 Å². The molecular weight excluding hydrogens is 493 g/mol. The van der Waals surface area contributed by atoms with E-state index in [2.05, 4.69) is 5.32 Å². The molecular formula is C28H28FN3O4S. The van der Waals surface area contributed by atoms with E-state index in [9.17, 15) is 14.0 Å². The molecule has 1 N–H and O–H groups in total. The second-order valence-electron chi connectivity index (χ2n) is 8.41. The van der Waals surface area contributed by atoms with Gasteiger partial charge in [0.1, 0.15) is 23.4 Å². The Morgan fingerprint density at radius 2 is 1.70 bits per heavy atom. The fourth-order valence-electron chi connectivity index (χ4n) is 4.19. The first kappa shape index (κ1) is 26.1. The highest BCUT2D eigenvalue weighted by Crippen LogP contribution is 2.29. The molecule has 1 saturated heterocycles. The minimum Gasteiger partial charge on any atom is -0.497 e. The van der Waals surface area contributed by atoms with Crippen LogP contribution in [0.4, 0.5) is 15.8 Å². The topological polar surface area (TPSA) is 71.1 Å². The van der Waals surface area contributed by atoms with E-state index in [1.807, 2.05) is 6.92 Å². The fourth-order valence-corrected chi connectivity index (χ4v) is 4.60. The third-order valence-electron chi connectivity index (χ3n) is 6.06. The summed E-state index contributed by atoms with van der Waals surface area (Å²) in [4.78, 5) is 29.7. The van der Waals surface area contributed by atoms with Crippen molar-refractivity contribution < 1.29 is 23.5 Å². The van der Waals surface area contributed by atoms with Gasteiger partial charge >= 0.3 is 0 Å². The van der Waals surface area contributed by atoms with Crippen LogP contribution in [0.2, 0.25) is 0 Å². The third kappa shape index (κ3) is 6.06. The number of rotatable bonds is 10. The van der Waals surface area contributed by atoms with Gasteiger partial charge in [0.15, 0.2) is 5.11 Å². The van der Waals surface area contributed by atoms with Gasteiger partial charge in [-0.05, 0) is 85.7 Å². The molecule has 0 aromatic heterocycles. The summed E-state index contributed by atoms with van der Waals surface area (Å²) in [6.07, 6.45) is 0.212. The van der Waals surface area contributed by atoms with E-state index in [1.165, 1.54) is 11.0 Å². The number of carbonyl (C=O) groups excluding carboxylic acids is 2. The molecule has 0 bridgehead atoms. The van der Waals surface area contributed by atoms with Crippen molar-refractivity contribution in [2.45, 2.75) is 25.8 Å². The second kappa shape index (κ2) is 11.8. The number of benzene rings is 3. The van der Waals surface area contributed by atoms with E-state index < -0.39 is 6.04 Å². The third-order valence-corrected chi connectivity index (χ3v) is 6.47. The van der Waals surface area contributed by atoms with Crippen LogP contribution in [-0.4, -0.2) is 48.1 Å². The van der Waals surface area contributed by atoms with Crippen molar-refractivity contribution in [3.63, 3.8) is 0 Å². The van der Waals surface area contributed by atoms with Gasteiger partial charge in [0.2, 0.25) is 5.91 Å². The largest absolute Gasteiger partial charge is 0.497 e. The van der Waals surface area contributed by atoms with E-state index in [0.717, 1.165) is 0 Å². The van der Waals surface area contributed by atoms with Gasteiger partial charge in [-0.15, -0.1) is 0 Å². The number of hydrogen-bond acceptors (Lipinski definition) is 5. The number of halogens is 1. The van der Waals surface area contributed by atoms with Gasteiger partial charge in [-0.3, -0.25) is 14.5 Å². The minimum absolute atomic E-state index is 0.115. The van der Waals surface area contributed by atoms with E-state index in [1.54, 1.807) is 78.7 Å². The zero-order valence-corrected chi connectivity index (χ0v) is 21.5. The smallest absolute Gasteiger partial charge is 0.256 e. The summed E-state index contributed by atoms with van der Waals surface area (Å²) in [6.45, 7) is 2.72. The maximum atomic E-state index is 14.3. The second-order valence-corrected chi connectivity index (χ2v) is 8.78. The summed E-state index contributed by atoms with van der Waals surface area (Å²) in [5.74, 6) is 0.370. The molecule has 4 rings (SSSR count). The predicted octanol–water partition coefficient (Wildman–Crippen LogP) is 4.81. The average Bonchev–Trinajstić information content (AvgIpc) is 3.13. The molecule has 1 fully saturated rings. The summed E-state index contributed by atoms with van der Waals surface area (Å²) in [6, 6.07) is 19.6. The summed E-state index contributed by atoms with van der Waals surface area (Å²) < 4.78 is 24.9. The van der Waals surface area contributed by atoms with Crippen LogP contribution in [0.5, 0.6) is 11.5 Å². The SMILES string of the molecule is CCOc1ccc(NC(=O)C[C@@H]2C(=O)N(c3ccc(OC)cc3)C(=S)N2CCc2ccccc2F)cc1. The number of thiocarbonyl (C=S) groups is 1. The number of methoxy groups -OCH3 is 1. The van der Waals surface area contributed by atoms with Crippen LogP contribution in [0.3, 0.4) is 0 Å². The number of nitrogens with zero attached hydrogens (tertiary/aromatic N) is 2. The molecule has 1 atom stereocenters. The Morgan fingerprint density at radius 3 is 2.35 bits per heavy atom. The van der Waals surface area contributed by atoms with Gasteiger partial charge in [0.05, 0.1) is 25.8 Å². The Bertz CT molecular complexity index is 1270. The lowest BCUT2D eigenvalue weighted by atomic mass is 10.1. The molecule has 37 heavy (non-hydrogen) atoms. The standard InChI is InChI=1S/C28H28FN3O4S/c1-3-36-23-12-8-20(9-13-23)30-26(33)18-25-27(34)32(21-10-14-22(35-2)15-11-21)28(37)31(25)17-16-19-6-4-5-7-24(19)29/h4-15,25H,3,16-18H2,1-2H3,(H,30,33)/t25-/m1/s1. The molecule has 1 aliphatic heterocycles. The number of nitrogens with one attached hydrogen (secondary N) is 1. The Kier molecular flexibility index (Phi) is 8.35. The number of amides is 2. The van der Waals surface area contributed by atoms with Crippen LogP contribution in [0, 0.1) is 5.82 Å².